The fourth-order valence-corrected chi connectivity index (χ4v) is 2.29. The minimum Gasteiger partial charge on any atom is -0.312 e. The lowest BCUT2D eigenvalue weighted by molar-refractivity contribution is 0.301. The lowest BCUT2D eigenvalue weighted by Crippen LogP contribution is -2.26. The van der Waals surface area contributed by atoms with Crippen molar-refractivity contribution in [2.45, 2.75) is 25.8 Å². The van der Waals surface area contributed by atoms with E-state index in [2.05, 4.69) is 28.7 Å². The van der Waals surface area contributed by atoms with Crippen LogP contribution in [-0.2, 0) is 6.54 Å². The van der Waals surface area contributed by atoms with E-state index in [4.69, 9.17) is 0 Å². The number of rotatable bonds is 5. The van der Waals surface area contributed by atoms with Crippen molar-refractivity contribution in [3.8, 4) is 5.69 Å². The number of hydrogen-bond acceptors (Lipinski definition) is 2. The lowest BCUT2D eigenvalue weighted by Gasteiger charge is -2.25. The first kappa shape index (κ1) is 11.5. The summed E-state index contributed by atoms with van der Waals surface area (Å²) in [6, 6.07) is 10.2. The van der Waals surface area contributed by atoms with Crippen LogP contribution in [0.3, 0.4) is 0 Å². The van der Waals surface area contributed by atoms with Crippen molar-refractivity contribution >= 4 is 0 Å². The average Bonchev–Trinajstić information content (AvgIpc) is 2.82. The Hall–Kier alpha value is -1.61. The van der Waals surface area contributed by atoms with Crippen LogP contribution in [0.1, 0.15) is 24.8 Å². The molecule has 0 bridgehead atoms. The van der Waals surface area contributed by atoms with Gasteiger partial charge in [-0.25, -0.2) is 4.68 Å². The summed E-state index contributed by atoms with van der Waals surface area (Å²) in [5.74, 6) is 0.911. The second kappa shape index (κ2) is 5.36. The van der Waals surface area contributed by atoms with Gasteiger partial charge in [0.05, 0.1) is 11.9 Å². The van der Waals surface area contributed by atoms with Crippen molar-refractivity contribution in [1.29, 1.82) is 0 Å². The minimum atomic E-state index is 0.911. The van der Waals surface area contributed by atoms with Crippen molar-refractivity contribution in [1.82, 2.24) is 15.1 Å². The molecule has 2 aromatic rings. The molecule has 1 aromatic heterocycles. The molecule has 3 heteroatoms. The molecule has 1 heterocycles. The fraction of sp³-hybridized carbons (Fsp3) is 0.400. The topological polar surface area (TPSA) is 29.9 Å². The van der Waals surface area contributed by atoms with Crippen molar-refractivity contribution in [2.24, 2.45) is 5.92 Å². The van der Waals surface area contributed by atoms with Crippen LogP contribution in [-0.4, -0.2) is 16.3 Å². The molecule has 1 aliphatic rings. The van der Waals surface area contributed by atoms with Gasteiger partial charge in [-0.1, -0.05) is 24.6 Å². The molecule has 0 spiro atoms. The van der Waals surface area contributed by atoms with E-state index in [0.717, 1.165) is 24.7 Å². The van der Waals surface area contributed by atoms with Crippen LogP contribution in [0.5, 0.6) is 0 Å². The molecule has 1 saturated carbocycles. The van der Waals surface area contributed by atoms with Crippen LogP contribution in [0, 0.1) is 5.92 Å². The molecule has 94 valence electrons. The van der Waals surface area contributed by atoms with Crippen LogP contribution in [0.15, 0.2) is 42.7 Å². The number of para-hydroxylation sites is 1. The van der Waals surface area contributed by atoms with Gasteiger partial charge in [-0.05, 0) is 37.4 Å². The summed E-state index contributed by atoms with van der Waals surface area (Å²) < 4.78 is 1.93. The Morgan fingerprint density at radius 2 is 2.06 bits per heavy atom. The van der Waals surface area contributed by atoms with Gasteiger partial charge in [-0.15, -0.1) is 0 Å². The highest BCUT2D eigenvalue weighted by molar-refractivity contribution is 5.30. The van der Waals surface area contributed by atoms with Crippen molar-refractivity contribution in [2.75, 3.05) is 6.54 Å². The highest BCUT2D eigenvalue weighted by Gasteiger charge is 2.16. The summed E-state index contributed by atoms with van der Waals surface area (Å²) in [6.07, 6.45) is 8.26. The average molecular weight is 241 g/mol. The Bertz CT molecular complexity index is 485. The largest absolute Gasteiger partial charge is 0.312 e. The fourth-order valence-electron chi connectivity index (χ4n) is 2.29. The van der Waals surface area contributed by atoms with Gasteiger partial charge < -0.3 is 5.32 Å². The Labute approximate surface area is 108 Å². The lowest BCUT2D eigenvalue weighted by atomic mass is 9.85. The molecular weight excluding hydrogens is 222 g/mol. The third kappa shape index (κ3) is 2.62. The van der Waals surface area contributed by atoms with Gasteiger partial charge in [0.15, 0.2) is 0 Å². The van der Waals surface area contributed by atoms with Crippen LogP contribution < -0.4 is 5.32 Å². The van der Waals surface area contributed by atoms with E-state index in [1.165, 1.54) is 24.8 Å². The van der Waals surface area contributed by atoms with Gasteiger partial charge in [-0.3, -0.25) is 0 Å². The molecule has 1 N–H and O–H groups in total. The normalized spacial score (nSPS) is 15.6. The Morgan fingerprint density at radius 3 is 2.78 bits per heavy atom. The third-order valence-corrected chi connectivity index (χ3v) is 3.64. The number of hydrogen-bond donors (Lipinski definition) is 1. The summed E-state index contributed by atoms with van der Waals surface area (Å²) >= 11 is 0. The van der Waals surface area contributed by atoms with Crippen LogP contribution >= 0.6 is 0 Å². The molecule has 0 radical (unpaired) electrons. The van der Waals surface area contributed by atoms with Gasteiger partial charge in [0.1, 0.15) is 0 Å². The zero-order chi connectivity index (χ0) is 12.2. The van der Waals surface area contributed by atoms with Crippen molar-refractivity contribution in [3.63, 3.8) is 0 Å². The molecule has 3 nitrogen and oxygen atoms in total. The van der Waals surface area contributed by atoms with Crippen LogP contribution in [0.25, 0.3) is 5.69 Å². The molecule has 1 aliphatic carbocycles. The van der Waals surface area contributed by atoms with Crippen molar-refractivity contribution < 1.29 is 0 Å². The van der Waals surface area contributed by atoms with E-state index < -0.39 is 0 Å². The minimum absolute atomic E-state index is 0.911. The molecular formula is C15H19N3. The predicted octanol–water partition coefficient (Wildman–Crippen LogP) is 2.76. The first-order chi connectivity index (χ1) is 8.92. The zero-order valence-corrected chi connectivity index (χ0v) is 10.5. The summed E-state index contributed by atoms with van der Waals surface area (Å²) in [5, 5.41) is 7.91. The smallest absolute Gasteiger partial charge is 0.0645 e. The summed E-state index contributed by atoms with van der Waals surface area (Å²) in [4.78, 5) is 0. The first-order valence-corrected chi connectivity index (χ1v) is 6.71. The maximum Gasteiger partial charge on any atom is 0.0645 e. The van der Waals surface area contributed by atoms with Gasteiger partial charge in [0, 0.05) is 18.3 Å². The molecule has 0 amide bonds. The molecule has 0 atom stereocenters. The maximum absolute atomic E-state index is 4.40. The second-order valence-electron chi connectivity index (χ2n) is 5.06. The molecule has 1 fully saturated rings. The number of nitrogens with zero attached hydrogens (tertiary/aromatic N) is 2. The van der Waals surface area contributed by atoms with E-state index in [9.17, 15) is 0 Å². The Balaban J connectivity index is 1.56. The molecule has 0 saturated heterocycles. The summed E-state index contributed by atoms with van der Waals surface area (Å²) in [7, 11) is 0. The molecule has 18 heavy (non-hydrogen) atoms. The second-order valence-corrected chi connectivity index (χ2v) is 5.06. The predicted molar refractivity (Wildman–Crippen MR) is 72.6 cm³/mol. The van der Waals surface area contributed by atoms with E-state index in [-0.39, 0.29) is 0 Å². The molecule has 1 aromatic carbocycles. The molecule has 0 aliphatic heterocycles. The van der Waals surface area contributed by atoms with E-state index in [1.54, 1.807) is 0 Å². The van der Waals surface area contributed by atoms with E-state index in [0.29, 0.717) is 0 Å². The van der Waals surface area contributed by atoms with Gasteiger partial charge >= 0.3 is 0 Å². The SMILES string of the molecule is c1ccc(-n2cc(CNCC3CCC3)cn2)cc1. The summed E-state index contributed by atoms with van der Waals surface area (Å²) in [5.41, 5.74) is 2.36. The number of aromatic nitrogens is 2. The first-order valence-electron chi connectivity index (χ1n) is 6.71. The monoisotopic (exact) mass is 241 g/mol. The standard InChI is InChI=1S/C15H19N3/c1-2-7-15(8-3-1)18-12-14(11-17-18)10-16-9-13-5-4-6-13/h1-3,7-8,11-13,16H,4-6,9-10H2. The quantitative estimate of drug-likeness (QED) is 0.872. The third-order valence-electron chi connectivity index (χ3n) is 3.64. The number of benzene rings is 1. The van der Waals surface area contributed by atoms with E-state index in [1.807, 2.05) is 29.1 Å². The van der Waals surface area contributed by atoms with Gasteiger partial charge in [0.25, 0.3) is 0 Å². The molecule has 3 rings (SSSR count). The van der Waals surface area contributed by atoms with Crippen molar-refractivity contribution in [3.05, 3.63) is 48.3 Å². The van der Waals surface area contributed by atoms with Gasteiger partial charge in [-0.2, -0.15) is 5.10 Å². The Kier molecular flexibility index (Phi) is 3.42. The number of nitrogens with one attached hydrogen (secondary N) is 1. The van der Waals surface area contributed by atoms with E-state index >= 15 is 0 Å². The summed E-state index contributed by atoms with van der Waals surface area (Å²) in [6.45, 7) is 2.07. The zero-order valence-electron chi connectivity index (χ0n) is 10.5. The maximum atomic E-state index is 4.40. The Morgan fingerprint density at radius 1 is 1.22 bits per heavy atom. The van der Waals surface area contributed by atoms with Crippen LogP contribution in [0.4, 0.5) is 0 Å². The van der Waals surface area contributed by atoms with Gasteiger partial charge in [0.2, 0.25) is 0 Å². The van der Waals surface area contributed by atoms with Crippen LogP contribution in [0.2, 0.25) is 0 Å². The highest BCUT2D eigenvalue weighted by Crippen LogP contribution is 2.25. The molecule has 0 unspecified atom stereocenters. The highest BCUT2D eigenvalue weighted by atomic mass is 15.3.